The van der Waals surface area contributed by atoms with Gasteiger partial charge in [0.1, 0.15) is 0 Å². The van der Waals surface area contributed by atoms with Crippen molar-refractivity contribution in [3.63, 3.8) is 0 Å². The van der Waals surface area contributed by atoms with Crippen molar-refractivity contribution in [2.24, 2.45) is 0 Å². The van der Waals surface area contributed by atoms with Crippen molar-refractivity contribution in [1.29, 1.82) is 0 Å². The van der Waals surface area contributed by atoms with Crippen molar-refractivity contribution in [1.82, 2.24) is 24.4 Å². The molecule has 0 aliphatic carbocycles. The first-order chi connectivity index (χ1) is 17.3. The van der Waals surface area contributed by atoms with Crippen molar-refractivity contribution in [3.05, 3.63) is 72.4 Å². The summed E-state index contributed by atoms with van der Waals surface area (Å²) >= 11 is 0. The largest absolute Gasteiger partial charge is 0.340 e. The number of carbonyl (C=O) groups excluding carboxylic acids is 1. The van der Waals surface area contributed by atoms with Crippen molar-refractivity contribution in [2.75, 3.05) is 37.8 Å². The molecule has 1 fully saturated rings. The molecule has 5 rings (SSSR count). The second kappa shape index (κ2) is 9.71. The Bertz CT molecular complexity index is 1490. The average Bonchev–Trinajstić information content (AvgIpc) is 3.27. The maximum Gasteiger partial charge on any atom is 0.247 e. The fourth-order valence-corrected chi connectivity index (χ4v) is 5.00. The minimum Gasteiger partial charge on any atom is -0.340 e. The number of anilines is 2. The monoisotopic (exact) mass is 504 g/mol. The lowest BCUT2D eigenvalue weighted by atomic mass is 10.0. The molecule has 4 aromatic rings. The van der Waals surface area contributed by atoms with Gasteiger partial charge in [-0.1, -0.05) is 24.3 Å². The van der Waals surface area contributed by atoms with Crippen LogP contribution in [0.25, 0.3) is 16.8 Å². The molecule has 1 saturated heterocycles. The van der Waals surface area contributed by atoms with E-state index in [9.17, 15) is 13.2 Å². The molecular formula is C26H28N6O3S. The van der Waals surface area contributed by atoms with Gasteiger partial charge < -0.3 is 10.2 Å². The predicted octanol–water partition coefficient (Wildman–Crippen LogP) is 3.21. The molecule has 0 unspecified atom stereocenters. The summed E-state index contributed by atoms with van der Waals surface area (Å²) in [7, 11) is -3.25. The summed E-state index contributed by atoms with van der Waals surface area (Å²) in [6.45, 7) is 5.80. The number of rotatable bonds is 6. The zero-order chi connectivity index (χ0) is 25.3. The van der Waals surface area contributed by atoms with E-state index in [4.69, 9.17) is 0 Å². The standard InChI is InChI=1S/C26H28N6O3S/c1-19(33)31-16-14-30(15-17-31)18-20-5-7-21(8-6-20)24-4-3-13-32-25(24)28-26(29-32)27-22-9-11-23(12-10-22)36(2,34)35/h3-13H,14-18H2,1-2H3,(H,27,29). The minimum atomic E-state index is -3.25. The van der Waals surface area contributed by atoms with E-state index in [1.54, 1.807) is 35.7 Å². The zero-order valence-corrected chi connectivity index (χ0v) is 21.1. The number of piperazine rings is 1. The Morgan fingerprint density at radius 3 is 2.31 bits per heavy atom. The van der Waals surface area contributed by atoms with E-state index in [0.29, 0.717) is 11.6 Å². The van der Waals surface area contributed by atoms with Crippen molar-refractivity contribution < 1.29 is 13.2 Å². The highest BCUT2D eigenvalue weighted by Crippen LogP contribution is 2.26. The zero-order valence-electron chi connectivity index (χ0n) is 20.3. The fraction of sp³-hybridized carbons (Fsp3) is 0.269. The second-order valence-corrected chi connectivity index (χ2v) is 11.0. The van der Waals surface area contributed by atoms with Gasteiger partial charge in [0.2, 0.25) is 11.9 Å². The Kier molecular flexibility index (Phi) is 6.46. The van der Waals surface area contributed by atoms with E-state index in [-0.39, 0.29) is 10.8 Å². The van der Waals surface area contributed by atoms with Crippen LogP contribution in [0.4, 0.5) is 11.6 Å². The van der Waals surface area contributed by atoms with Gasteiger partial charge in [-0.15, -0.1) is 5.10 Å². The van der Waals surface area contributed by atoms with E-state index in [1.807, 2.05) is 23.2 Å². The van der Waals surface area contributed by atoms with E-state index in [0.717, 1.165) is 49.5 Å². The maximum atomic E-state index is 11.7. The molecule has 186 valence electrons. The highest BCUT2D eigenvalue weighted by atomic mass is 32.2. The van der Waals surface area contributed by atoms with Crippen molar-refractivity contribution in [3.8, 4) is 11.1 Å². The molecule has 0 radical (unpaired) electrons. The predicted molar refractivity (Wildman–Crippen MR) is 139 cm³/mol. The van der Waals surface area contributed by atoms with Gasteiger partial charge in [0.25, 0.3) is 0 Å². The quantitative estimate of drug-likeness (QED) is 0.430. The molecule has 1 N–H and O–H groups in total. The van der Waals surface area contributed by atoms with Gasteiger partial charge >= 0.3 is 0 Å². The van der Waals surface area contributed by atoms with Gasteiger partial charge in [0.05, 0.1) is 4.90 Å². The fourth-order valence-electron chi connectivity index (χ4n) is 4.37. The first kappa shape index (κ1) is 24.0. The number of pyridine rings is 1. The molecule has 2 aromatic carbocycles. The number of aromatic nitrogens is 3. The van der Waals surface area contributed by atoms with Gasteiger partial charge in [-0.3, -0.25) is 9.69 Å². The highest BCUT2D eigenvalue weighted by Gasteiger charge is 2.18. The van der Waals surface area contributed by atoms with Crippen molar-refractivity contribution >= 4 is 33.0 Å². The maximum absolute atomic E-state index is 11.7. The van der Waals surface area contributed by atoms with E-state index in [2.05, 4.69) is 44.6 Å². The second-order valence-electron chi connectivity index (χ2n) is 9.03. The summed E-state index contributed by atoms with van der Waals surface area (Å²) in [6, 6.07) is 18.9. The summed E-state index contributed by atoms with van der Waals surface area (Å²) in [4.78, 5) is 20.7. The van der Waals surface area contributed by atoms with Gasteiger partial charge in [0, 0.05) is 63.4 Å². The van der Waals surface area contributed by atoms with Crippen LogP contribution in [0.5, 0.6) is 0 Å². The molecule has 9 nitrogen and oxygen atoms in total. The van der Waals surface area contributed by atoms with E-state index < -0.39 is 9.84 Å². The Morgan fingerprint density at radius 1 is 0.972 bits per heavy atom. The molecule has 1 aliphatic rings. The number of sulfone groups is 1. The molecule has 0 bridgehead atoms. The van der Waals surface area contributed by atoms with Crippen LogP contribution in [-0.4, -0.2) is 71.2 Å². The number of fused-ring (bicyclic) bond motifs is 1. The third-order valence-corrected chi connectivity index (χ3v) is 7.52. The topological polar surface area (TPSA) is 99.9 Å². The molecule has 0 saturated carbocycles. The number of nitrogens with one attached hydrogen (secondary N) is 1. The van der Waals surface area contributed by atoms with Crippen LogP contribution in [0.15, 0.2) is 71.8 Å². The first-order valence-corrected chi connectivity index (χ1v) is 13.7. The van der Waals surface area contributed by atoms with Gasteiger partial charge in [-0.2, -0.15) is 4.98 Å². The third kappa shape index (κ3) is 5.24. The first-order valence-electron chi connectivity index (χ1n) is 11.8. The van der Waals surface area contributed by atoms with Crippen LogP contribution >= 0.6 is 0 Å². The molecule has 10 heteroatoms. The summed E-state index contributed by atoms with van der Waals surface area (Å²) in [6.07, 6.45) is 3.03. The van der Waals surface area contributed by atoms with Crippen LogP contribution in [0.1, 0.15) is 12.5 Å². The van der Waals surface area contributed by atoms with E-state index >= 15 is 0 Å². The summed E-state index contributed by atoms with van der Waals surface area (Å²) in [5.41, 5.74) is 4.66. The van der Waals surface area contributed by atoms with E-state index in [1.165, 1.54) is 11.8 Å². The number of hydrogen-bond acceptors (Lipinski definition) is 7. The molecule has 36 heavy (non-hydrogen) atoms. The molecule has 1 amide bonds. The van der Waals surface area contributed by atoms with Crippen molar-refractivity contribution in [2.45, 2.75) is 18.4 Å². The molecule has 0 spiro atoms. The Balaban J connectivity index is 1.30. The average molecular weight is 505 g/mol. The molecule has 1 aliphatic heterocycles. The van der Waals surface area contributed by atoms with Crippen LogP contribution < -0.4 is 5.32 Å². The number of amides is 1. The number of nitrogens with zero attached hydrogens (tertiary/aromatic N) is 5. The normalized spacial score (nSPS) is 14.8. The highest BCUT2D eigenvalue weighted by molar-refractivity contribution is 7.90. The summed E-state index contributed by atoms with van der Waals surface area (Å²) in [5, 5.41) is 7.67. The van der Waals surface area contributed by atoms with Crippen LogP contribution in [0.3, 0.4) is 0 Å². The minimum absolute atomic E-state index is 0.143. The van der Waals surface area contributed by atoms with Crippen LogP contribution in [0, 0.1) is 0 Å². The molecule has 3 heterocycles. The number of benzene rings is 2. The lowest BCUT2D eigenvalue weighted by molar-refractivity contribution is -0.130. The van der Waals surface area contributed by atoms with Gasteiger partial charge in [0.15, 0.2) is 15.5 Å². The Labute approximate surface area is 210 Å². The van der Waals surface area contributed by atoms with Gasteiger partial charge in [-0.25, -0.2) is 12.9 Å². The van der Waals surface area contributed by atoms with Gasteiger partial charge in [-0.05, 0) is 47.5 Å². The molecular weight excluding hydrogens is 476 g/mol. The molecule has 2 aromatic heterocycles. The Hall–Kier alpha value is -3.76. The SMILES string of the molecule is CC(=O)N1CCN(Cc2ccc(-c3cccn4nc(Nc5ccc(S(C)(=O)=O)cc5)nc34)cc2)CC1. The lowest BCUT2D eigenvalue weighted by Gasteiger charge is -2.34. The summed E-state index contributed by atoms with van der Waals surface area (Å²) < 4.78 is 25.1. The van der Waals surface area contributed by atoms with Crippen LogP contribution in [0.2, 0.25) is 0 Å². The lowest BCUT2D eigenvalue weighted by Crippen LogP contribution is -2.47. The number of carbonyl (C=O) groups is 1. The van der Waals surface area contributed by atoms with Crippen LogP contribution in [-0.2, 0) is 21.2 Å². The summed E-state index contributed by atoms with van der Waals surface area (Å²) in [5.74, 6) is 0.570. The molecule has 0 atom stereocenters. The smallest absolute Gasteiger partial charge is 0.247 e. The number of hydrogen-bond donors (Lipinski definition) is 1. The Morgan fingerprint density at radius 2 is 1.67 bits per heavy atom. The third-order valence-electron chi connectivity index (χ3n) is 6.39.